The lowest BCUT2D eigenvalue weighted by atomic mass is 10.2. The number of benzene rings is 1. The number of primary amides is 1. The van der Waals surface area contributed by atoms with Gasteiger partial charge in [0.25, 0.3) is 0 Å². The van der Waals surface area contributed by atoms with Gasteiger partial charge < -0.3 is 10.5 Å². The molecule has 0 heterocycles. The molecular formula is C8H5F4NO2. The van der Waals surface area contributed by atoms with Crippen molar-refractivity contribution in [2.45, 2.75) is 6.61 Å². The number of carbonyl (C=O) groups is 1. The summed E-state index contributed by atoms with van der Waals surface area (Å²) in [4.78, 5) is 10.6. The molecule has 0 unspecified atom stereocenters. The van der Waals surface area contributed by atoms with Crippen LogP contribution in [0.25, 0.3) is 0 Å². The number of nitrogens with two attached hydrogens (primary N) is 1. The van der Waals surface area contributed by atoms with Crippen molar-refractivity contribution in [2.75, 3.05) is 0 Å². The normalized spacial score (nSPS) is 10.5. The minimum absolute atomic E-state index is 0.454. The first kappa shape index (κ1) is 11.3. The molecule has 82 valence electrons. The lowest BCUT2D eigenvalue weighted by molar-refractivity contribution is -0.0525. The molecule has 0 aliphatic carbocycles. The van der Waals surface area contributed by atoms with E-state index in [4.69, 9.17) is 5.73 Å². The summed E-state index contributed by atoms with van der Waals surface area (Å²) in [5.74, 6) is -5.21. The van der Waals surface area contributed by atoms with Crippen molar-refractivity contribution in [3.05, 3.63) is 29.3 Å². The third kappa shape index (κ3) is 2.58. The summed E-state index contributed by atoms with van der Waals surface area (Å²) in [6.45, 7) is -3.32. The third-order valence-corrected chi connectivity index (χ3v) is 1.50. The topological polar surface area (TPSA) is 52.3 Å². The van der Waals surface area contributed by atoms with Crippen LogP contribution in [-0.4, -0.2) is 12.5 Å². The number of rotatable bonds is 3. The molecular weight excluding hydrogens is 218 g/mol. The van der Waals surface area contributed by atoms with Crippen LogP contribution in [0, 0.1) is 11.6 Å². The number of hydrogen-bond donors (Lipinski definition) is 1. The molecule has 0 aliphatic heterocycles. The molecule has 0 saturated heterocycles. The SMILES string of the molecule is NC(=O)c1cc(F)c(F)c(OC(F)F)c1. The second-order valence-electron chi connectivity index (χ2n) is 2.51. The summed E-state index contributed by atoms with van der Waals surface area (Å²) in [5, 5.41) is 0. The predicted octanol–water partition coefficient (Wildman–Crippen LogP) is 1.67. The number of halogens is 4. The second-order valence-corrected chi connectivity index (χ2v) is 2.51. The Bertz CT molecular complexity index is 394. The van der Waals surface area contributed by atoms with E-state index in [1.165, 1.54) is 0 Å². The highest BCUT2D eigenvalue weighted by atomic mass is 19.3. The maximum absolute atomic E-state index is 12.8. The number of carbonyl (C=O) groups excluding carboxylic acids is 1. The van der Waals surface area contributed by atoms with Crippen molar-refractivity contribution in [1.29, 1.82) is 0 Å². The van der Waals surface area contributed by atoms with Crippen molar-refractivity contribution in [3.63, 3.8) is 0 Å². The molecule has 0 aromatic heterocycles. The Morgan fingerprint density at radius 1 is 1.33 bits per heavy atom. The minimum Gasteiger partial charge on any atom is -0.432 e. The van der Waals surface area contributed by atoms with E-state index in [1.54, 1.807) is 0 Å². The van der Waals surface area contributed by atoms with Crippen LogP contribution in [0.2, 0.25) is 0 Å². The van der Waals surface area contributed by atoms with E-state index in [-0.39, 0.29) is 0 Å². The van der Waals surface area contributed by atoms with E-state index in [9.17, 15) is 22.4 Å². The Morgan fingerprint density at radius 2 is 1.93 bits per heavy atom. The first-order valence-electron chi connectivity index (χ1n) is 3.65. The van der Waals surface area contributed by atoms with E-state index in [1.807, 2.05) is 0 Å². The van der Waals surface area contributed by atoms with E-state index in [0.717, 1.165) is 0 Å². The van der Waals surface area contributed by atoms with Crippen molar-refractivity contribution in [3.8, 4) is 5.75 Å². The molecule has 3 nitrogen and oxygen atoms in total. The van der Waals surface area contributed by atoms with Crippen LogP contribution in [0.5, 0.6) is 5.75 Å². The van der Waals surface area contributed by atoms with Crippen molar-refractivity contribution < 1.29 is 27.1 Å². The Labute approximate surface area is 81.4 Å². The summed E-state index contributed by atoms with van der Waals surface area (Å²) in [5.41, 5.74) is 4.31. The van der Waals surface area contributed by atoms with Gasteiger partial charge in [-0.25, -0.2) is 4.39 Å². The highest BCUT2D eigenvalue weighted by molar-refractivity contribution is 5.93. The Balaban J connectivity index is 3.19. The Morgan fingerprint density at radius 3 is 2.40 bits per heavy atom. The molecule has 0 radical (unpaired) electrons. The fourth-order valence-corrected chi connectivity index (χ4v) is 0.888. The summed E-state index contributed by atoms with van der Waals surface area (Å²) in [7, 11) is 0. The summed E-state index contributed by atoms with van der Waals surface area (Å²) in [6.07, 6.45) is 0. The molecule has 2 N–H and O–H groups in total. The molecule has 0 fully saturated rings. The fourth-order valence-electron chi connectivity index (χ4n) is 0.888. The Kier molecular flexibility index (Phi) is 3.13. The fraction of sp³-hybridized carbons (Fsp3) is 0.125. The van der Waals surface area contributed by atoms with Crippen LogP contribution >= 0.6 is 0 Å². The average Bonchev–Trinajstić information content (AvgIpc) is 2.11. The lowest BCUT2D eigenvalue weighted by Gasteiger charge is -2.07. The van der Waals surface area contributed by atoms with Crippen LogP contribution in [0.15, 0.2) is 12.1 Å². The van der Waals surface area contributed by atoms with Gasteiger partial charge in [-0.3, -0.25) is 4.79 Å². The van der Waals surface area contributed by atoms with E-state index in [2.05, 4.69) is 4.74 Å². The standard InChI is InChI=1S/C8H5F4NO2/c9-4-1-3(7(13)14)2-5(6(4)10)15-8(11)12/h1-2,8H,(H2,13,14). The quantitative estimate of drug-likeness (QED) is 0.792. The van der Waals surface area contributed by atoms with Gasteiger partial charge in [-0.05, 0) is 12.1 Å². The van der Waals surface area contributed by atoms with Crippen LogP contribution in [-0.2, 0) is 0 Å². The van der Waals surface area contributed by atoms with Crippen LogP contribution in [0.1, 0.15) is 10.4 Å². The van der Waals surface area contributed by atoms with Gasteiger partial charge in [-0.2, -0.15) is 13.2 Å². The third-order valence-electron chi connectivity index (χ3n) is 1.50. The van der Waals surface area contributed by atoms with Crippen LogP contribution in [0.4, 0.5) is 17.6 Å². The largest absolute Gasteiger partial charge is 0.432 e. The van der Waals surface area contributed by atoms with E-state index in [0.29, 0.717) is 12.1 Å². The van der Waals surface area contributed by atoms with Gasteiger partial charge >= 0.3 is 6.61 Å². The van der Waals surface area contributed by atoms with Crippen molar-refractivity contribution >= 4 is 5.91 Å². The van der Waals surface area contributed by atoms with E-state index >= 15 is 0 Å². The molecule has 0 saturated carbocycles. The molecule has 0 aliphatic rings. The molecule has 1 rings (SSSR count). The van der Waals surface area contributed by atoms with Crippen LogP contribution in [0.3, 0.4) is 0 Å². The average molecular weight is 223 g/mol. The summed E-state index contributed by atoms with van der Waals surface area (Å²) >= 11 is 0. The smallest absolute Gasteiger partial charge is 0.387 e. The van der Waals surface area contributed by atoms with Gasteiger partial charge in [-0.1, -0.05) is 0 Å². The van der Waals surface area contributed by atoms with Gasteiger partial charge in [0.15, 0.2) is 11.6 Å². The highest BCUT2D eigenvalue weighted by Crippen LogP contribution is 2.23. The van der Waals surface area contributed by atoms with Gasteiger partial charge in [0.05, 0.1) is 0 Å². The zero-order valence-electron chi connectivity index (χ0n) is 7.14. The second kappa shape index (κ2) is 4.16. The molecule has 0 spiro atoms. The molecule has 1 aromatic carbocycles. The van der Waals surface area contributed by atoms with Crippen molar-refractivity contribution in [1.82, 2.24) is 0 Å². The predicted molar refractivity (Wildman–Crippen MR) is 41.5 cm³/mol. The minimum atomic E-state index is -3.32. The van der Waals surface area contributed by atoms with E-state index < -0.39 is 35.5 Å². The Hall–Kier alpha value is -1.79. The van der Waals surface area contributed by atoms with Crippen molar-refractivity contribution in [2.24, 2.45) is 5.73 Å². The first-order chi connectivity index (χ1) is 6.91. The zero-order valence-corrected chi connectivity index (χ0v) is 7.14. The molecule has 0 bridgehead atoms. The number of amides is 1. The maximum atomic E-state index is 12.8. The van der Waals surface area contributed by atoms with Gasteiger partial charge in [0, 0.05) is 5.56 Å². The maximum Gasteiger partial charge on any atom is 0.387 e. The first-order valence-corrected chi connectivity index (χ1v) is 3.65. The van der Waals surface area contributed by atoms with Crippen LogP contribution < -0.4 is 10.5 Å². The monoisotopic (exact) mass is 223 g/mol. The zero-order chi connectivity index (χ0) is 11.6. The summed E-state index contributed by atoms with van der Waals surface area (Å²) in [6, 6.07) is 1.10. The molecule has 1 amide bonds. The van der Waals surface area contributed by atoms with Gasteiger partial charge in [0.2, 0.25) is 11.7 Å². The lowest BCUT2D eigenvalue weighted by Crippen LogP contribution is -2.13. The number of ether oxygens (including phenoxy) is 1. The molecule has 7 heteroatoms. The van der Waals surface area contributed by atoms with Gasteiger partial charge in [0.1, 0.15) is 0 Å². The number of alkyl halides is 2. The van der Waals surface area contributed by atoms with Gasteiger partial charge in [-0.15, -0.1) is 0 Å². The molecule has 15 heavy (non-hydrogen) atoms. The number of hydrogen-bond acceptors (Lipinski definition) is 2. The highest BCUT2D eigenvalue weighted by Gasteiger charge is 2.17. The summed E-state index contributed by atoms with van der Waals surface area (Å²) < 4.78 is 52.7. The molecule has 0 atom stereocenters. The molecule has 1 aromatic rings.